The predicted molar refractivity (Wildman–Crippen MR) is 136 cm³/mol. The maximum Gasteiger partial charge on any atom is 0.0599 e. The first-order valence-electron chi connectivity index (χ1n) is 12.9. The summed E-state index contributed by atoms with van der Waals surface area (Å²) in [5, 5.41) is 0. The molecule has 3 heteroatoms. The number of rotatable bonds is 15. The average molecular weight is 437 g/mol. The molecule has 0 unspecified atom stereocenters. The van der Waals surface area contributed by atoms with Crippen molar-refractivity contribution in [1.82, 2.24) is 9.80 Å². The molecule has 176 valence electrons. The van der Waals surface area contributed by atoms with E-state index in [9.17, 15) is 0 Å². The summed E-state index contributed by atoms with van der Waals surface area (Å²) in [6.45, 7) is 6.79. The molecule has 1 heterocycles. The Kier molecular flexibility index (Phi) is 11.9. The Morgan fingerprint density at radius 2 is 1.34 bits per heavy atom. The lowest BCUT2D eigenvalue weighted by Crippen LogP contribution is -2.36. The molecule has 0 aromatic heterocycles. The summed E-state index contributed by atoms with van der Waals surface area (Å²) >= 11 is 0. The van der Waals surface area contributed by atoms with Gasteiger partial charge < -0.3 is 9.64 Å². The predicted octanol–water partition coefficient (Wildman–Crippen LogP) is 6.18. The lowest BCUT2D eigenvalue weighted by molar-refractivity contribution is 0.00417. The van der Waals surface area contributed by atoms with Gasteiger partial charge in [-0.15, -0.1) is 0 Å². The molecule has 1 aliphatic heterocycles. The fourth-order valence-electron chi connectivity index (χ4n) is 4.63. The summed E-state index contributed by atoms with van der Waals surface area (Å²) in [5.41, 5.74) is 2.89. The first-order chi connectivity index (χ1) is 15.8. The van der Waals surface area contributed by atoms with Crippen molar-refractivity contribution in [2.24, 2.45) is 0 Å². The fraction of sp³-hybridized carbons (Fsp3) is 0.586. The van der Waals surface area contributed by atoms with Crippen LogP contribution in [0.2, 0.25) is 0 Å². The number of benzene rings is 2. The highest BCUT2D eigenvalue weighted by atomic mass is 16.5. The Balaban J connectivity index is 1.11. The molecule has 0 amide bonds. The van der Waals surface area contributed by atoms with E-state index in [0.29, 0.717) is 6.10 Å². The molecule has 1 fully saturated rings. The molecule has 1 saturated heterocycles. The van der Waals surface area contributed by atoms with Gasteiger partial charge in [-0.3, -0.25) is 4.90 Å². The summed E-state index contributed by atoms with van der Waals surface area (Å²) in [6.07, 6.45) is 11.8. The van der Waals surface area contributed by atoms with Crippen molar-refractivity contribution in [3.8, 4) is 0 Å². The number of hydrogen-bond acceptors (Lipinski definition) is 3. The van der Waals surface area contributed by atoms with Crippen molar-refractivity contribution >= 4 is 0 Å². The van der Waals surface area contributed by atoms with Gasteiger partial charge in [0.2, 0.25) is 0 Å². The lowest BCUT2D eigenvalue weighted by atomic mass is 10.1. The number of likely N-dealkylation sites (tertiary alicyclic amines) is 1. The van der Waals surface area contributed by atoms with Crippen LogP contribution in [-0.4, -0.2) is 55.7 Å². The van der Waals surface area contributed by atoms with Gasteiger partial charge in [-0.25, -0.2) is 0 Å². The second-order valence-corrected chi connectivity index (χ2v) is 9.49. The molecule has 1 aliphatic rings. The topological polar surface area (TPSA) is 15.7 Å². The molecule has 0 aliphatic carbocycles. The van der Waals surface area contributed by atoms with Gasteiger partial charge in [-0.2, -0.15) is 0 Å². The van der Waals surface area contributed by atoms with E-state index >= 15 is 0 Å². The van der Waals surface area contributed by atoms with E-state index in [1.165, 1.54) is 82.0 Å². The SMILES string of the molecule is CN(CCCCCOC1CCN(Cc2ccccc2)CC1)CCCCCc1ccccc1. The highest BCUT2D eigenvalue weighted by Crippen LogP contribution is 2.17. The molecule has 0 spiro atoms. The number of piperidine rings is 1. The van der Waals surface area contributed by atoms with Crippen LogP contribution in [0, 0.1) is 0 Å². The van der Waals surface area contributed by atoms with Crippen molar-refractivity contribution in [1.29, 1.82) is 0 Å². The van der Waals surface area contributed by atoms with Crippen molar-refractivity contribution in [2.45, 2.75) is 70.4 Å². The highest BCUT2D eigenvalue weighted by Gasteiger charge is 2.19. The normalized spacial score (nSPS) is 15.4. The lowest BCUT2D eigenvalue weighted by Gasteiger charge is -2.32. The number of hydrogen-bond donors (Lipinski definition) is 0. The summed E-state index contributed by atoms with van der Waals surface area (Å²) in [6, 6.07) is 21.7. The van der Waals surface area contributed by atoms with Crippen LogP contribution in [0.15, 0.2) is 60.7 Å². The van der Waals surface area contributed by atoms with Crippen LogP contribution >= 0.6 is 0 Å². The van der Waals surface area contributed by atoms with E-state index in [0.717, 1.165) is 26.2 Å². The van der Waals surface area contributed by atoms with Gasteiger partial charge in [0.15, 0.2) is 0 Å². The van der Waals surface area contributed by atoms with E-state index < -0.39 is 0 Å². The largest absolute Gasteiger partial charge is 0.378 e. The van der Waals surface area contributed by atoms with Crippen LogP contribution in [0.5, 0.6) is 0 Å². The second-order valence-electron chi connectivity index (χ2n) is 9.49. The van der Waals surface area contributed by atoms with Gasteiger partial charge in [-0.1, -0.05) is 67.1 Å². The third-order valence-corrected chi connectivity index (χ3v) is 6.67. The standard InChI is InChI=1S/C29H44N2O/c1-30(21-11-4-10-16-27-14-6-2-7-15-27)22-12-5-13-25-32-29-19-23-31(24-20-29)26-28-17-8-3-9-18-28/h2-3,6-9,14-15,17-18,29H,4-5,10-13,16,19-26H2,1H3. The highest BCUT2D eigenvalue weighted by molar-refractivity contribution is 5.15. The van der Waals surface area contributed by atoms with Crippen molar-refractivity contribution in [3.63, 3.8) is 0 Å². The van der Waals surface area contributed by atoms with E-state index in [-0.39, 0.29) is 0 Å². The smallest absolute Gasteiger partial charge is 0.0599 e. The maximum absolute atomic E-state index is 6.18. The quantitative estimate of drug-likeness (QED) is 0.310. The number of nitrogens with zero attached hydrogens (tertiary/aromatic N) is 2. The Morgan fingerprint density at radius 1 is 0.750 bits per heavy atom. The molecular formula is C29H44N2O. The first-order valence-corrected chi connectivity index (χ1v) is 12.9. The third-order valence-electron chi connectivity index (χ3n) is 6.67. The molecule has 0 bridgehead atoms. The molecule has 32 heavy (non-hydrogen) atoms. The third kappa shape index (κ3) is 10.3. The summed E-state index contributed by atoms with van der Waals surface area (Å²) in [7, 11) is 2.27. The average Bonchev–Trinajstić information content (AvgIpc) is 2.83. The van der Waals surface area contributed by atoms with Gasteiger partial charge in [-0.05, 0) is 82.6 Å². The minimum absolute atomic E-state index is 0.473. The molecule has 0 atom stereocenters. The fourth-order valence-corrected chi connectivity index (χ4v) is 4.63. The van der Waals surface area contributed by atoms with Crippen LogP contribution in [-0.2, 0) is 17.7 Å². The minimum Gasteiger partial charge on any atom is -0.378 e. The van der Waals surface area contributed by atoms with Crippen molar-refractivity contribution in [2.75, 3.05) is 39.8 Å². The van der Waals surface area contributed by atoms with Crippen LogP contribution < -0.4 is 0 Å². The van der Waals surface area contributed by atoms with Gasteiger partial charge >= 0.3 is 0 Å². The van der Waals surface area contributed by atoms with E-state index in [1.54, 1.807) is 0 Å². The molecule has 0 radical (unpaired) electrons. The molecule has 0 N–H and O–H groups in total. The Labute approximate surface area is 196 Å². The summed E-state index contributed by atoms with van der Waals surface area (Å²) in [5.74, 6) is 0. The van der Waals surface area contributed by atoms with Crippen LogP contribution in [0.25, 0.3) is 0 Å². The van der Waals surface area contributed by atoms with Gasteiger partial charge in [0.25, 0.3) is 0 Å². The van der Waals surface area contributed by atoms with E-state index in [4.69, 9.17) is 4.74 Å². The molecular weight excluding hydrogens is 392 g/mol. The molecule has 2 aromatic rings. The van der Waals surface area contributed by atoms with E-state index in [2.05, 4.69) is 77.5 Å². The van der Waals surface area contributed by atoms with Crippen molar-refractivity contribution in [3.05, 3.63) is 71.8 Å². The molecule has 3 nitrogen and oxygen atoms in total. The molecule has 3 rings (SSSR count). The van der Waals surface area contributed by atoms with Gasteiger partial charge in [0, 0.05) is 26.2 Å². The first kappa shape index (κ1) is 25.0. The molecule has 2 aromatic carbocycles. The zero-order valence-corrected chi connectivity index (χ0v) is 20.3. The summed E-state index contributed by atoms with van der Waals surface area (Å²) in [4.78, 5) is 5.07. The number of ether oxygens (including phenoxy) is 1. The van der Waals surface area contributed by atoms with Crippen LogP contribution in [0.1, 0.15) is 62.5 Å². The van der Waals surface area contributed by atoms with Gasteiger partial charge in [0.05, 0.1) is 6.10 Å². The molecule has 0 saturated carbocycles. The van der Waals surface area contributed by atoms with Crippen LogP contribution in [0.3, 0.4) is 0 Å². The number of unbranched alkanes of at least 4 members (excludes halogenated alkanes) is 4. The monoisotopic (exact) mass is 436 g/mol. The van der Waals surface area contributed by atoms with Crippen LogP contribution in [0.4, 0.5) is 0 Å². The van der Waals surface area contributed by atoms with Crippen molar-refractivity contribution < 1.29 is 4.74 Å². The minimum atomic E-state index is 0.473. The Hall–Kier alpha value is -1.68. The Bertz CT molecular complexity index is 698. The van der Waals surface area contributed by atoms with Gasteiger partial charge in [0.1, 0.15) is 0 Å². The Morgan fingerprint density at radius 3 is 2.00 bits per heavy atom. The summed E-state index contributed by atoms with van der Waals surface area (Å²) < 4.78 is 6.18. The maximum atomic E-state index is 6.18. The zero-order valence-electron chi connectivity index (χ0n) is 20.3. The number of aryl methyl sites for hydroxylation is 1. The zero-order chi connectivity index (χ0) is 22.3. The van der Waals surface area contributed by atoms with E-state index in [1.807, 2.05) is 0 Å². The second kappa shape index (κ2) is 15.2.